The van der Waals surface area contributed by atoms with E-state index in [0.717, 1.165) is 4.88 Å². The first kappa shape index (κ1) is 19.4. The van der Waals surface area contributed by atoms with E-state index in [1.807, 2.05) is 23.6 Å². The summed E-state index contributed by atoms with van der Waals surface area (Å²) in [5.74, 6) is 0.136. The Hall–Kier alpha value is -3.41. The van der Waals surface area contributed by atoms with Gasteiger partial charge in [0.2, 0.25) is 0 Å². The van der Waals surface area contributed by atoms with Crippen LogP contribution in [0.3, 0.4) is 0 Å². The number of rotatable bonds is 6. The molecular formula is C19H12ClN3O4S. The number of furan rings is 1. The lowest BCUT2D eigenvalue weighted by Crippen LogP contribution is -2.23. The predicted molar refractivity (Wildman–Crippen MR) is 106 cm³/mol. The summed E-state index contributed by atoms with van der Waals surface area (Å²) in [6.07, 6.45) is 1.33. The molecule has 0 spiro atoms. The monoisotopic (exact) mass is 413 g/mol. The maximum atomic E-state index is 12.2. The van der Waals surface area contributed by atoms with Gasteiger partial charge in [0.15, 0.2) is 0 Å². The van der Waals surface area contributed by atoms with E-state index < -0.39 is 10.8 Å². The summed E-state index contributed by atoms with van der Waals surface area (Å²) >= 11 is 7.60. The molecule has 9 heteroatoms. The third-order valence-corrected chi connectivity index (χ3v) is 4.90. The number of hydrogen-bond acceptors (Lipinski definition) is 6. The molecule has 3 rings (SSSR count). The highest BCUT2D eigenvalue weighted by Crippen LogP contribution is 2.32. The van der Waals surface area contributed by atoms with Crippen molar-refractivity contribution in [3.05, 3.63) is 79.2 Å². The minimum Gasteiger partial charge on any atom is -0.457 e. The number of nitro benzene ring substituents is 1. The van der Waals surface area contributed by atoms with Crippen LogP contribution in [0.1, 0.15) is 10.6 Å². The van der Waals surface area contributed by atoms with E-state index in [2.05, 4.69) is 5.32 Å². The second kappa shape index (κ2) is 8.52. The normalized spacial score (nSPS) is 11.1. The van der Waals surface area contributed by atoms with E-state index in [4.69, 9.17) is 16.0 Å². The molecule has 28 heavy (non-hydrogen) atoms. The van der Waals surface area contributed by atoms with Crippen molar-refractivity contribution in [1.82, 2.24) is 5.32 Å². The summed E-state index contributed by atoms with van der Waals surface area (Å²) in [5.41, 5.74) is 0.231. The van der Waals surface area contributed by atoms with Crippen LogP contribution in [-0.2, 0) is 11.3 Å². The van der Waals surface area contributed by atoms with Crippen molar-refractivity contribution < 1.29 is 14.1 Å². The number of nitriles is 1. The van der Waals surface area contributed by atoms with Gasteiger partial charge in [-0.3, -0.25) is 14.9 Å². The number of thiophene rings is 1. The van der Waals surface area contributed by atoms with Gasteiger partial charge in [-0.2, -0.15) is 5.26 Å². The van der Waals surface area contributed by atoms with Crippen LogP contribution in [0, 0.1) is 21.4 Å². The standard InChI is InChI=1S/C19H12ClN3O4S/c20-17-9-13(23(25)26)3-5-16(17)18-6-4-14(27-18)8-12(10-21)19(24)22-11-15-2-1-7-28-15/h1-9H,11H2,(H,22,24)/b12-8+. The predicted octanol–water partition coefficient (Wildman–Crippen LogP) is 4.79. The average Bonchev–Trinajstić information content (AvgIpc) is 3.36. The molecule has 0 aliphatic heterocycles. The van der Waals surface area contributed by atoms with E-state index in [0.29, 0.717) is 17.9 Å². The number of halogens is 1. The van der Waals surface area contributed by atoms with Crippen molar-refractivity contribution in [3.8, 4) is 17.4 Å². The Balaban J connectivity index is 1.77. The van der Waals surface area contributed by atoms with Gasteiger partial charge in [0, 0.05) is 28.6 Å². The third-order valence-electron chi connectivity index (χ3n) is 3.71. The molecule has 0 fully saturated rings. The van der Waals surface area contributed by atoms with E-state index in [1.165, 1.54) is 35.6 Å². The molecule has 0 aliphatic rings. The minimum atomic E-state index is -0.542. The average molecular weight is 414 g/mol. The molecule has 0 atom stereocenters. The number of carbonyl (C=O) groups is 1. The number of non-ortho nitro benzene ring substituents is 1. The third kappa shape index (κ3) is 4.46. The van der Waals surface area contributed by atoms with E-state index in [9.17, 15) is 20.2 Å². The molecule has 1 amide bonds. The number of benzene rings is 1. The van der Waals surface area contributed by atoms with Crippen LogP contribution in [0.5, 0.6) is 0 Å². The van der Waals surface area contributed by atoms with Crippen molar-refractivity contribution >= 4 is 40.6 Å². The Bertz CT molecular complexity index is 1100. The summed E-state index contributed by atoms with van der Waals surface area (Å²) in [7, 11) is 0. The highest BCUT2D eigenvalue weighted by atomic mass is 35.5. The van der Waals surface area contributed by atoms with Crippen LogP contribution >= 0.6 is 22.9 Å². The number of nitrogens with zero attached hydrogens (tertiary/aromatic N) is 2. The van der Waals surface area contributed by atoms with Gasteiger partial charge >= 0.3 is 0 Å². The van der Waals surface area contributed by atoms with Crippen molar-refractivity contribution in [2.24, 2.45) is 0 Å². The van der Waals surface area contributed by atoms with Crippen LogP contribution in [0.4, 0.5) is 5.69 Å². The molecule has 0 aliphatic carbocycles. The summed E-state index contributed by atoms with van der Waals surface area (Å²) in [6, 6.07) is 12.8. The SMILES string of the molecule is N#C/C(=C\c1ccc(-c2ccc([N+](=O)[O-])cc2Cl)o1)C(=O)NCc1cccs1. The fourth-order valence-electron chi connectivity index (χ4n) is 2.36. The zero-order chi connectivity index (χ0) is 20.1. The minimum absolute atomic E-state index is 0.104. The summed E-state index contributed by atoms with van der Waals surface area (Å²) in [6.45, 7) is 0.331. The largest absolute Gasteiger partial charge is 0.457 e. The van der Waals surface area contributed by atoms with Gasteiger partial charge in [0.25, 0.3) is 11.6 Å². The van der Waals surface area contributed by atoms with Gasteiger partial charge in [-0.1, -0.05) is 17.7 Å². The second-order valence-corrected chi connectivity index (χ2v) is 6.99. The summed E-state index contributed by atoms with van der Waals surface area (Å²) in [5, 5.41) is 24.8. The Labute approximate surface area is 168 Å². The molecule has 1 aromatic carbocycles. The lowest BCUT2D eigenvalue weighted by molar-refractivity contribution is -0.384. The molecule has 2 heterocycles. The Kier molecular flexibility index (Phi) is 5.89. The number of carbonyl (C=O) groups excluding carboxylic acids is 1. The van der Waals surface area contributed by atoms with Gasteiger partial charge in [0.05, 0.1) is 16.5 Å². The number of nitro groups is 1. The molecule has 0 bridgehead atoms. The van der Waals surface area contributed by atoms with Crippen molar-refractivity contribution in [2.45, 2.75) is 6.54 Å². The molecule has 0 saturated carbocycles. The molecule has 1 N–H and O–H groups in total. The van der Waals surface area contributed by atoms with E-state index >= 15 is 0 Å². The number of nitrogens with one attached hydrogen (secondary N) is 1. The zero-order valence-corrected chi connectivity index (χ0v) is 15.8. The molecule has 2 aromatic heterocycles. The Morgan fingerprint density at radius 1 is 1.36 bits per heavy atom. The van der Waals surface area contributed by atoms with Crippen LogP contribution in [0.15, 0.2) is 57.8 Å². The topological polar surface area (TPSA) is 109 Å². The first-order valence-electron chi connectivity index (χ1n) is 7.94. The highest BCUT2D eigenvalue weighted by molar-refractivity contribution is 7.09. The smallest absolute Gasteiger partial charge is 0.270 e. The van der Waals surface area contributed by atoms with Gasteiger partial charge in [-0.25, -0.2) is 0 Å². The van der Waals surface area contributed by atoms with Crippen LogP contribution < -0.4 is 5.32 Å². The fourth-order valence-corrected chi connectivity index (χ4v) is 3.27. The van der Waals surface area contributed by atoms with Crippen molar-refractivity contribution in [3.63, 3.8) is 0 Å². The van der Waals surface area contributed by atoms with Crippen LogP contribution in [-0.4, -0.2) is 10.8 Å². The van der Waals surface area contributed by atoms with E-state index in [1.54, 1.807) is 12.1 Å². The fraction of sp³-hybridized carbons (Fsp3) is 0.0526. The van der Waals surface area contributed by atoms with Crippen LogP contribution in [0.2, 0.25) is 5.02 Å². The van der Waals surface area contributed by atoms with Crippen molar-refractivity contribution in [1.29, 1.82) is 5.26 Å². The quantitative estimate of drug-likeness (QED) is 0.270. The number of amides is 1. The van der Waals surface area contributed by atoms with Gasteiger partial charge in [0.1, 0.15) is 23.2 Å². The molecule has 0 unspecified atom stereocenters. The summed E-state index contributed by atoms with van der Waals surface area (Å²) < 4.78 is 5.62. The zero-order valence-electron chi connectivity index (χ0n) is 14.2. The molecule has 7 nitrogen and oxygen atoms in total. The Morgan fingerprint density at radius 3 is 2.82 bits per heavy atom. The number of hydrogen-bond donors (Lipinski definition) is 1. The highest BCUT2D eigenvalue weighted by Gasteiger charge is 2.15. The van der Waals surface area contributed by atoms with E-state index in [-0.39, 0.29) is 22.0 Å². The second-order valence-electron chi connectivity index (χ2n) is 5.56. The van der Waals surface area contributed by atoms with Crippen LogP contribution in [0.25, 0.3) is 17.4 Å². The lowest BCUT2D eigenvalue weighted by atomic mass is 10.1. The molecule has 0 saturated heterocycles. The van der Waals surface area contributed by atoms with Crippen molar-refractivity contribution in [2.75, 3.05) is 0 Å². The molecule has 3 aromatic rings. The first-order chi connectivity index (χ1) is 13.5. The van der Waals surface area contributed by atoms with Gasteiger partial charge < -0.3 is 9.73 Å². The first-order valence-corrected chi connectivity index (χ1v) is 9.20. The molecule has 140 valence electrons. The maximum absolute atomic E-state index is 12.2. The lowest BCUT2D eigenvalue weighted by Gasteiger charge is -2.02. The summed E-state index contributed by atoms with van der Waals surface area (Å²) in [4.78, 5) is 23.4. The molecule has 0 radical (unpaired) electrons. The Morgan fingerprint density at radius 2 is 2.18 bits per heavy atom. The molecular weight excluding hydrogens is 402 g/mol. The van der Waals surface area contributed by atoms with Gasteiger partial charge in [-0.05, 0) is 29.6 Å². The van der Waals surface area contributed by atoms with Gasteiger partial charge in [-0.15, -0.1) is 11.3 Å². The maximum Gasteiger partial charge on any atom is 0.270 e.